The summed E-state index contributed by atoms with van der Waals surface area (Å²) in [5, 5.41) is 0. The Bertz CT molecular complexity index is 574. The number of nitrogen functional groups attached to an aromatic ring is 2. The highest BCUT2D eigenvalue weighted by molar-refractivity contribution is 5.86. The molecule has 0 amide bonds. The Hall–Kier alpha value is -1.37. The molecule has 0 aliphatic carbocycles. The molecule has 1 aromatic carbocycles. The first-order valence-electron chi connectivity index (χ1n) is 5.06. The van der Waals surface area contributed by atoms with Crippen LogP contribution >= 0.6 is 37.2 Å². The van der Waals surface area contributed by atoms with Gasteiger partial charge in [0.2, 0.25) is 0 Å². The fourth-order valence-electron chi connectivity index (χ4n) is 1.52. The molecule has 4 N–H and O–H groups in total. The molecule has 0 saturated heterocycles. The van der Waals surface area contributed by atoms with Gasteiger partial charge in [-0.3, -0.25) is 4.98 Å². The van der Waals surface area contributed by atoms with Crippen molar-refractivity contribution >= 4 is 48.6 Å². The number of nitrogens with two attached hydrogens (primary N) is 2. The van der Waals surface area contributed by atoms with Crippen molar-refractivity contribution in [2.45, 2.75) is 6.18 Å². The van der Waals surface area contributed by atoms with Crippen LogP contribution in [0.4, 0.5) is 24.5 Å². The van der Waals surface area contributed by atoms with Crippen LogP contribution in [0.25, 0.3) is 11.3 Å². The maximum atomic E-state index is 12.4. The molecule has 21 heavy (non-hydrogen) atoms. The van der Waals surface area contributed by atoms with E-state index >= 15 is 0 Å². The third-order valence-corrected chi connectivity index (χ3v) is 2.44. The lowest BCUT2D eigenvalue weighted by Crippen LogP contribution is -2.05. The normalized spacial score (nSPS) is 9.86. The van der Waals surface area contributed by atoms with E-state index in [-0.39, 0.29) is 37.2 Å². The van der Waals surface area contributed by atoms with Crippen LogP contribution in [0.5, 0.6) is 0 Å². The summed E-state index contributed by atoms with van der Waals surface area (Å²) in [4.78, 5) is 3.76. The van der Waals surface area contributed by atoms with Crippen molar-refractivity contribution in [1.82, 2.24) is 4.98 Å². The number of hydrogen-bond acceptors (Lipinski definition) is 3. The first-order valence-corrected chi connectivity index (χ1v) is 5.06. The van der Waals surface area contributed by atoms with Gasteiger partial charge in [0.05, 0.1) is 11.3 Å². The van der Waals surface area contributed by atoms with Gasteiger partial charge in [0, 0.05) is 23.1 Å². The van der Waals surface area contributed by atoms with Crippen molar-refractivity contribution < 1.29 is 13.2 Å². The van der Waals surface area contributed by atoms with Crippen LogP contribution in [-0.4, -0.2) is 4.98 Å². The maximum Gasteiger partial charge on any atom is 0.417 e. The molecule has 2 rings (SSSR count). The molecule has 2 aromatic rings. The van der Waals surface area contributed by atoms with E-state index in [0.29, 0.717) is 22.6 Å². The summed E-state index contributed by atoms with van der Waals surface area (Å²) < 4.78 is 37.1. The smallest absolute Gasteiger partial charge is 0.399 e. The third kappa shape index (κ3) is 5.15. The van der Waals surface area contributed by atoms with Crippen molar-refractivity contribution in [3.05, 3.63) is 42.1 Å². The van der Waals surface area contributed by atoms with Gasteiger partial charge >= 0.3 is 6.18 Å². The Labute approximate surface area is 138 Å². The van der Waals surface area contributed by atoms with E-state index < -0.39 is 11.7 Å². The van der Waals surface area contributed by atoms with E-state index in [2.05, 4.69) is 4.98 Å². The number of pyridine rings is 1. The van der Waals surface area contributed by atoms with Gasteiger partial charge in [-0.05, 0) is 30.3 Å². The molecule has 0 bridgehead atoms. The second kappa shape index (κ2) is 8.17. The van der Waals surface area contributed by atoms with Crippen molar-refractivity contribution in [2.24, 2.45) is 0 Å². The van der Waals surface area contributed by atoms with Gasteiger partial charge in [0.1, 0.15) is 0 Å². The van der Waals surface area contributed by atoms with E-state index in [1.165, 1.54) is 6.07 Å². The fourth-order valence-corrected chi connectivity index (χ4v) is 1.52. The average Bonchev–Trinajstić information content (AvgIpc) is 2.31. The van der Waals surface area contributed by atoms with Gasteiger partial charge in [0.15, 0.2) is 0 Å². The van der Waals surface area contributed by atoms with Crippen LogP contribution < -0.4 is 11.5 Å². The second-order valence-corrected chi connectivity index (χ2v) is 3.78. The van der Waals surface area contributed by atoms with Gasteiger partial charge in [-0.25, -0.2) is 0 Å². The van der Waals surface area contributed by atoms with Crippen molar-refractivity contribution in [1.29, 1.82) is 0 Å². The Kier molecular flexibility index (Phi) is 8.52. The summed E-state index contributed by atoms with van der Waals surface area (Å²) in [6.07, 6.45) is -3.62. The molecular weight excluding hydrogens is 350 g/mol. The highest BCUT2D eigenvalue weighted by Crippen LogP contribution is 2.31. The highest BCUT2D eigenvalue weighted by atomic mass is 35.5. The van der Waals surface area contributed by atoms with Gasteiger partial charge in [-0.15, -0.1) is 37.2 Å². The van der Waals surface area contributed by atoms with E-state index in [1.54, 1.807) is 18.2 Å². The molecule has 1 heterocycles. The second-order valence-electron chi connectivity index (χ2n) is 3.78. The van der Waals surface area contributed by atoms with Gasteiger partial charge in [-0.2, -0.15) is 13.2 Å². The lowest BCUT2D eigenvalue weighted by Gasteiger charge is -2.09. The standard InChI is InChI=1S/C12H10F3N3.3ClH/c13-12(14,15)7-1-4-11(18-6-7)9-5-8(16)2-3-10(9)17;;;/h1-6H,16-17H2;3*1H. The van der Waals surface area contributed by atoms with Crippen LogP contribution in [0, 0.1) is 0 Å². The largest absolute Gasteiger partial charge is 0.417 e. The maximum absolute atomic E-state index is 12.4. The molecule has 9 heteroatoms. The first-order chi connectivity index (χ1) is 8.38. The van der Waals surface area contributed by atoms with Crippen LogP contribution in [0.2, 0.25) is 0 Å². The van der Waals surface area contributed by atoms with E-state index in [4.69, 9.17) is 11.5 Å². The van der Waals surface area contributed by atoms with Crippen LogP contribution in [0.1, 0.15) is 5.56 Å². The average molecular weight is 363 g/mol. The first kappa shape index (κ1) is 21.9. The Morgan fingerprint density at radius 2 is 1.52 bits per heavy atom. The summed E-state index contributed by atoms with van der Waals surface area (Å²) in [6.45, 7) is 0. The summed E-state index contributed by atoms with van der Waals surface area (Å²) >= 11 is 0. The van der Waals surface area contributed by atoms with E-state index in [1.807, 2.05) is 0 Å². The van der Waals surface area contributed by atoms with E-state index in [9.17, 15) is 13.2 Å². The molecule has 0 atom stereocenters. The summed E-state index contributed by atoms with van der Waals surface area (Å²) in [5.41, 5.74) is 12.3. The number of rotatable bonds is 1. The van der Waals surface area contributed by atoms with Crippen LogP contribution in [0.15, 0.2) is 36.5 Å². The Morgan fingerprint density at radius 1 is 0.905 bits per heavy atom. The minimum Gasteiger partial charge on any atom is -0.399 e. The molecule has 0 radical (unpaired) electrons. The molecule has 0 spiro atoms. The zero-order valence-electron chi connectivity index (χ0n) is 10.4. The van der Waals surface area contributed by atoms with Crippen molar-refractivity contribution in [3.63, 3.8) is 0 Å². The summed E-state index contributed by atoms with van der Waals surface area (Å²) in [7, 11) is 0. The van der Waals surface area contributed by atoms with Gasteiger partial charge in [-0.1, -0.05) is 0 Å². The minimum absolute atomic E-state index is 0. The summed E-state index contributed by atoms with van der Waals surface area (Å²) in [5.74, 6) is 0. The van der Waals surface area contributed by atoms with Gasteiger partial charge in [0.25, 0.3) is 0 Å². The van der Waals surface area contributed by atoms with Crippen molar-refractivity contribution in [3.8, 4) is 11.3 Å². The predicted octanol–water partition coefficient (Wildman–Crippen LogP) is 4.20. The zero-order valence-corrected chi connectivity index (χ0v) is 12.9. The molecule has 0 aliphatic rings. The van der Waals surface area contributed by atoms with Crippen LogP contribution in [-0.2, 0) is 6.18 Å². The molecule has 1 aromatic heterocycles. The molecule has 118 valence electrons. The molecule has 0 fully saturated rings. The minimum atomic E-state index is -4.40. The molecule has 0 saturated carbocycles. The zero-order chi connectivity index (χ0) is 13.3. The monoisotopic (exact) mass is 361 g/mol. The number of aromatic nitrogens is 1. The van der Waals surface area contributed by atoms with E-state index in [0.717, 1.165) is 12.3 Å². The number of benzene rings is 1. The number of nitrogens with zero attached hydrogens (tertiary/aromatic N) is 1. The Morgan fingerprint density at radius 3 is 2.00 bits per heavy atom. The number of hydrogen-bond donors (Lipinski definition) is 2. The number of alkyl halides is 3. The Balaban J connectivity index is 0. The third-order valence-electron chi connectivity index (χ3n) is 2.44. The highest BCUT2D eigenvalue weighted by Gasteiger charge is 2.30. The number of halogens is 6. The lowest BCUT2D eigenvalue weighted by molar-refractivity contribution is -0.137. The predicted molar refractivity (Wildman–Crippen MR) is 85.2 cm³/mol. The lowest BCUT2D eigenvalue weighted by atomic mass is 10.1. The molecular formula is C12H13Cl3F3N3. The molecule has 3 nitrogen and oxygen atoms in total. The molecule has 0 unspecified atom stereocenters. The molecule has 0 aliphatic heterocycles. The topological polar surface area (TPSA) is 64.9 Å². The quantitative estimate of drug-likeness (QED) is 0.747. The van der Waals surface area contributed by atoms with Crippen molar-refractivity contribution in [2.75, 3.05) is 11.5 Å². The summed E-state index contributed by atoms with van der Waals surface area (Å²) in [6, 6.07) is 7.01. The number of anilines is 2. The SMILES string of the molecule is Cl.Cl.Cl.Nc1ccc(N)c(-c2ccc(C(F)(F)F)cn2)c1. The van der Waals surface area contributed by atoms with Gasteiger partial charge < -0.3 is 11.5 Å². The van der Waals surface area contributed by atoms with Crippen LogP contribution in [0.3, 0.4) is 0 Å². The fraction of sp³-hybridized carbons (Fsp3) is 0.0833.